The SMILES string of the molecule is CC.CC.CC.CC1C2CCC(C2)C1C(=O)NNC1=CC=CCC1. The highest BCUT2D eigenvalue weighted by Gasteiger charge is 2.48. The molecular formula is C21H40N2O. The van der Waals surface area contributed by atoms with Gasteiger partial charge in [-0.05, 0) is 55.9 Å². The Hall–Kier alpha value is -1.25. The average Bonchev–Trinajstić information content (AvgIpc) is 3.27. The number of hydrogen-bond acceptors (Lipinski definition) is 2. The Morgan fingerprint density at radius 3 is 2.17 bits per heavy atom. The zero-order valence-corrected chi connectivity index (χ0v) is 17.0. The summed E-state index contributed by atoms with van der Waals surface area (Å²) in [7, 11) is 0. The molecule has 3 rings (SSSR count). The second-order valence-corrected chi connectivity index (χ2v) is 5.99. The molecule has 4 unspecified atom stereocenters. The maximum atomic E-state index is 12.3. The number of nitrogens with one attached hydrogen (secondary N) is 2. The molecule has 3 nitrogen and oxygen atoms in total. The van der Waals surface area contributed by atoms with Crippen molar-refractivity contribution < 1.29 is 4.79 Å². The minimum absolute atomic E-state index is 0.199. The van der Waals surface area contributed by atoms with Crippen LogP contribution >= 0.6 is 0 Å². The van der Waals surface area contributed by atoms with Crippen LogP contribution in [0.2, 0.25) is 0 Å². The van der Waals surface area contributed by atoms with E-state index in [0.717, 1.165) is 24.5 Å². The third-order valence-corrected chi connectivity index (χ3v) is 4.99. The van der Waals surface area contributed by atoms with Gasteiger partial charge in [0.2, 0.25) is 5.91 Å². The summed E-state index contributed by atoms with van der Waals surface area (Å²) in [6.07, 6.45) is 12.1. The molecule has 140 valence electrons. The van der Waals surface area contributed by atoms with Gasteiger partial charge in [-0.15, -0.1) is 0 Å². The Balaban J connectivity index is 0.000000798. The standard InChI is InChI=1S/C15H22N2O.3C2H6/c1-10-11-7-8-12(9-11)14(10)15(18)17-16-13-5-3-2-4-6-13;3*1-2/h2-3,5,10-12,14,16H,4,6-9H2,1H3,(H,17,18);3*1-2H3. The van der Waals surface area contributed by atoms with Gasteiger partial charge >= 0.3 is 0 Å². The van der Waals surface area contributed by atoms with Crippen molar-refractivity contribution in [2.24, 2.45) is 23.7 Å². The Morgan fingerprint density at radius 1 is 1.04 bits per heavy atom. The van der Waals surface area contributed by atoms with Gasteiger partial charge in [0.15, 0.2) is 0 Å². The molecule has 2 bridgehead atoms. The van der Waals surface area contributed by atoms with Gasteiger partial charge in [-0.1, -0.05) is 60.6 Å². The van der Waals surface area contributed by atoms with Gasteiger partial charge in [0.1, 0.15) is 0 Å². The fraction of sp³-hybridized carbons (Fsp3) is 0.762. The van der Waals surface area contributed by atoms with Gasteiger partial charge in [-0.2, -0.15) is 0 Å². The van der Waals surface area contributed by atoms with E-state index in [2.05, 4.69) is 23.9 Å². The van der Waals surface area contributed by atoms with Gasteiger partial charge in [-0.25, -0.2) is 0 Å². The summed E-state index contributed by atoms with van der Waals surface area (Å²) in [6.45, 7) is 14.2. The second-order valence-electron chi connectivity index (χ2n) is 5.99. The lowest BCUT2D eigenvalue weighted by Crippen LogP contribution is -2.44. The maximum Gasteiger partial charge on any atom is 0.241 e. The first-order valence-corrected chi connectivity index (χ1v) is 10.2. The van der Waals surface area contributed by atoms with Crippen LogP contribution in [0.1, 0.15) is 80.6 Å². The first-order valence-electron chi connectivity index (χ1n) is 10.2. The Labute approximate surface area is 150 Å². The molecule has 0 aromatic carbocycles. The zero-order chi connectivity index (χ0) is 18.5. The first-order chi connectivity index (χ1) is 11.8. The smallest absolute Gasteiger partial charge is 0.241 e. The summed E-state index contributed by atoms with van der Waals surface area (Å²) in [5.41, 5.74) is 7.12. The molecule has 0 saturated heterocycles. The van der Waals surface area contributed by atoms with Crippen LogP contribution in [0.25, 0.3) is 0 Å². The lowest BCUT2D eigenvalue weighted by Gasteiger charge is -2.27. The molecule has 1 amide bonds. The Morgan fingerprint density at radius 2 is 1.67 bits per heavy atom. The van der Waals surface area contributed by atoms with Gasteiger partial charge in [0.25, 0.3) is 0 Å². The van der Waals surface area contributed by atoms with Gasteiger partial charge < -0.3 is 5.43 Å². The van der Waals surface area contributed by atoms with Crippen molar-refractivity contribution in [1.82, 2.24) is 10.9 Å². The molecule has 0 heterocycles. The molecule has 3 heteroatoms. The van der Waals surface area contributed by atoms with Crippen LogP contribution in [0.5, 0.6) is 0 Å². The van der Waals surface area contributed by atoms with E-state index in [1.807, 2.05) is 53.7 Å². The summed E-state index contributed by atoms with van der Waals surface area (Å²) < 4.78 is 0. The molecule has 0 aromatic heterocycles. The highest BCUT2D eigenvalue weighted by Crippen LogP contribution is 2.51. The van der Waals surface area contributed by atoms with Crippen molar-refractivity contribution >= 4 is 5.91 Å². The highest BCUT2D eigenvalue weighted by atomic mass is 16.2. The Kier molecular flexibility index (Phi) is 12.4. The van der Waals surface area contributed by atoms with E-state index in [0.29, 0.717) is 11.8 Å². The van der Waals surface area contributed by atoms with Crippen molar-refractivity contribution in [3.8, 4) is 0 Å². The summed E-state index contributed by atoms with van der Waals surface area (Å²) in [5, 5.41) is 0. The number of rotatable bonds is 3. The van der Waals surface area contributed by atoms with E-state index >= 15 is 0 Å². The molecule has 0 spiro atoms. The number of amides is 1. The van der Waals surface area contributed by atoms with Crippen LogP contribution in [0.3, 0.4) is 0 Å². The van der Waals surface area contributed by atoms with Crippen LogP contribution in [0, 0.1) is 23.7 Å². The third-order valence-electron chi connectivity index (χ3n) is 4.99. The molecule has 2 N–H and O–H groups in total. The molecule has 2 saturated carbocycles. The topological polar surface area (TPSA) is 41.1 Å². The van der Waals surface area contributed by atoms with E-state index < -0.39 is 0 Å². The molecule has 2 fully saturated rings. The predicted octanol–water partition coefficient (Wildman–Crippen LogP) is 5.60. The minimum atomic E-state index is 0.199. The minimum Gasteiger partial charge on any atom is -0.303 e. The number of fused-ring (bicyclic) bond motifs is 2. The molecule has 0 radical (unpaired) electrons. The summed E-state index contributed by atoms with van der Waals surface area (Å²) in [5.74, 6) is 2.42. The van der Waals surface area contributed by atoms with Crippen molar-refractivity contribution in [1.29, 1.82) is 0 Å². The molecule has 3 aliphatic rings. The lowest BCUT2D eigenvalue weighted by atomic mass is 9.80. The molecule has 0 aromatic rings. The fourth-order valence-corrected chi connectivity index (χ4v) is 3.96. The molecule has 24 heavy (non-hydrogen) atoms. The van der Waals surface area contributed by atoms with E-state index in [-0.39, 0.29) is 11.8 Å². The summed E-state index contributed by atoms with van der Waals surface area (Å²) in [4.78, 5) is 12.3. The van der Waals surface area contributed by atoms with E-state index in [9.17, 15) is 4.79 Å². The number of hydrazine groups is 1. The normalized spacial score (nSPS) is 28.9. The molecule has 4 atom stereocenters. The summed E-state index contributed by atoms with van der Waals surface area (Å²) in [6, 6.07) is 0. The number of carbonyl (C=O) groups excluding carboxylic acids is 1. The lowest BCUT2D eigenvalue weighted by molar-refractivity contribution is -0.128. The van der Waals surface area contributed by atoms with Gasteiger partial charge in [-0.3, -0.25) is 10.2 Å². The molecule has 3 aliphatic carbocycles. The maximum absolute atomic E-state index is 12.3. The van der Waals surface area contributed by atoms with Crippen LogP contribution in [0.4, 0.5) is 0 Å². The first kappa shape index (κ1) is 22.8. The van der Waals surface area contributed by atoms with E-state index in [1.165, 1.54) is 19.3 Å². The number of allylic oxidation sites excluding steroid dienone is 4. The zero-order valence-electron chi connectivity index (χ0n) is 17.0. The van der Waals surface area contributed by atoms with Gasteiger partial charge in [0, 0.05) is 11.6 Å². The number of hydrogen-bond donors (Lipinski definition) is 2. The van der Waals surface area contributed by atoms with Crippen molar-refractivity contribution in [3.05, 3.63) is 23.9 Å². The highest BCUT2D eigenvalue weighted by molar-refractivity contribution is 5.79. The number of carbonyl (C=O) groups is 1. The Bertz CT molecular complexity index is 399. The molecule has 0 aliphatic heterocycles. The predicted molar refractivity (Wildman–Crippen MR) is 105 cm³/mol. The monoisotopic (exact) mass is 336 g/mol. The van der Waals surface area contributed by atoms with Gasteiger partial charge in [0.05, 0.1) is 0 Å². The van der Waals surface area contributed by atoms with Crippen LogP contribution < -0.4 is 10.9 Å². The second kappa shape index (κ2) is 13.1. The van der Waals surface area contributed by atoms with E-state index in [4.69, 9.17) is 0 Å². The fourth-order valence-electron chi connectivity index (χ4n) is 3.96. The van der Waals surface area contributed by atoms with Crippen molar-refractivity contribution in [3.63, 3.8) is 0 Å². The average molecular weight is 337 g/mol. The molecular weight excluding hydrogens is 296 g/mol. The largest absolute Gasteiger partial charge is 0.303 e. The van der Waals surface area contributed by atoms with E-state index in [1.54, 1.807) is 0 Å². The third kappa shape index (κ3) is 5.99. The quantitative estimate of drug-likeness (QED) is 0.658. The van der Waals surface area contributed by atoms with Crippen molar-refractivity contribution in [2.75, 3.05) is 0 Å². The van der Waals surface area contributed by atoms with Crippen LogP contribution in [-0.2, 0) is 4.79 Å². The summed E-state index contributed by atoms with van der Waals surface area (Å²) >= 11 is 0. The van der Waals surface area contributed by atoms with Crippen LogP contribution in [0.15, 0.2) is 23.9 Å². The van der Waals surface area contributed by atoms with Crippen LogP contribution in [-0.4, -0.2) is 5.91 Å². The van der Waals surface area contributed by atoms with Crippen molar-refractivity contribution in [2.45, 2.75) is 80.6 Å².